The van der Waals surface area contributed by atoms with E-state index in [1.807, 2.05) is 6.20 Å². The van der Waals surface area contributed by atoms with Crippen LogP contribution in [0.2, 0.25) is 0 Å². The number of hydrogen-bond acceptors (Lipinski definition) is 3. The minimum absolute atomic E-state index is 0.181. The maximum absolute atomic E-state index is 4.56. The fraction of sp³-hybridized carbons (Fsp3) is 0.706. The van der Waals surface area contributed by atoms with E-state index in [2.05, 4.69) is 68.9 Å². The van der Waals surface area contributed by atoms with Crippen molar-refractivity contribution in [3.05, 3.63) is 23.9 Å². The molecule has 3 heteroatoms. The summed E-state index contributed by atoms with van der Waals surface area (Å²) in [5.74, 6) is 1.12. The molecule has 3 nitrogen and oxygen atoms in total. The van der Waals surface area contributed by atoms with Gasteiger partial charge in [-0.2, -0.15) is 0 Å². The minimum Gasteiger partial charge on any atom is -0.355 e. The average molecular weight is 275 g/mol. The number of aromatic nitrogens is 1. The molecular formula is C17H29N3. The van der Waals surface area contributed by atoms with Gasteiger partial charge in [-0.15, -0.1) is 0 Å². The third-order valence-electron chi connectivity index (χ3n) is 3.76. The van der Waals surface area contributed by atoms with Gasteiger partial charge in [0.05, 0.1) is 0 Å². The first-order chi connectivity index (χ1) is 9.15. The van der Waals surface area contributed by atoms with Gasteiger partial charge < -0.3 is 10.2 Å². The Balaban J connectivity index is 2.07. The lowest BCUT2D eigenvalue weighted by molar-refractivity contribution is 0.373. The molecule has 1 aliphatic rings. The van der Waals surface area contributed by atoms with Gasteiger partial charge in [0.15, 0.2) is 0 Å². The number of rotatable bonds is 2. The highest BCUT2D eigenvalue weighted by molar-refractivity contribution is 5.44. The van der Waals surface area contributed by atoms with Gasteiger partial charge in [-0.1, -0.05) is 20.8 Å². The van der Waals surface area contributed by atoms with Crippen molar-refractivity contribution in [1.29, 1.82) is 0 Å². The Hall–Kier alpha value is -1.09. The first-order valence-corrected chi connectivity index (χ1v) is 7.64. The number of nitrogens with one attached hydrogen (secondary N) is 1. The van der Waals surface area contributed by atoms with Crippen LogP contribution in [0.15, 0.2) is 18.3 Å². The second-order valence-electron chi connectivity index (χ2n) is 7.98. The Kier molecular flexibility index (Phi) is 4.10. The predicted octanol–water partition coefficient (Wildman–Crippen LogP) is 3.35. The molecule has 1 fully saturated rings. The maximum atomic E-state index is 4.56. The molecule has 2 heterocycles. The SMILES string of the molecule is CC(C)(C)NC1CCN(c2cc(C(C)(C)C)ccn2)C1. The van der Waals surface area contributed by atoms with E-state index in [1.54, 1.807) is 0 Å². The summed E-state index contributed by atoms with van der Waals surface area (Å²) in [4.78, 5) is 6.97. The number of pyridine rings is 1. The Morgan fingerprint density at radius 3 is 2.50 bits per heavy atom. The molecule has 112 valence electrons. The predicted molar refractivity (Wildman–Crippen MR) is 86.4 cm³/mol. The highest BCUT2D eigenvalue weighted by Crippen LogP contribution is 2.26. The minimum atomic E-state index is 0.181. The van der Waals surface area contributed by atoms with Crippen LogP contribution in [0.1, 0.15) is 53.5 Å². The van der Waals surface area contributed by atoms with Gasteiger partial charge in [-0.25, -0.2) is 4.98 Å². The van der Waals surface area contributed by atoms with Crippen LogP contribution >= 0.6 is 0 Å². The molecule has 0 aliphatic carbocycles. The molecule has 2 rings (SSSR count). The van der Waals surface area contributed by atoms with Crippen LogP contribution in [0.3, 0.4) is 0 Å². The normalized spacial score (nSPS) is 20.5. The molecular weight excluding hydrogens is 246 g/mol. The first-order valence-electron chi connectivity index (χ1n) is 7.64. The van der Waals surface area contributed by atoms with E-state index in [4.69, 9.17) is 0 Å². The molecule has 0 radical (unpaired) electrons. The maximum Gasteiger partial charge on any atom is 0.128 e. The molecule has 1 aliphatic heterocycles. The van der Waals surface area contributed by atoms with Gasteiger partial charge in [0.1, 0.15) is 5.82 Å². The second-order valence-corrected chi connectivity index (χ2v) is 7.98. The number of hydrogen-bond donors (Lipinski definition) is 1. The van der Waals surface area contributed by atoms with Crippen molar-refractivity contribution in [2.24, 2.45) is 0 Å². The number of anilines is 1. The zero-order chi connectivity index (χ0) is 15.0. The van der Waals surface area contributed by atoms with Gasteiger partial charge in [0.2, 0.25) is 0 Å². The number of nitrogens with zero attached hydrogens (tertiary/aromatic N) is 2. The summed E-state index contributed by atoms with van der Waals surface area (Å²) >= 11 is 0. The molecule has 0 saturated carbocycles. The molecule has 1 unspecified atom stereocenters. The molecule has 1 aromatic rings. The largest absolute Gasteiger partial charge is 0.355 e. The summed E-state index contributed by atoms with van der Waals surface area (Å²) < 4.78 is 0. The summed E-state index contributed by atoms with van der Waals surface area (Å²) in [5.41, 5.74) is 1.72. The standard InChI is InChI=1S/C17H29N3/c1-16(2,3)13-7-9-18-15(11-13)20-10-8-14(12-20)19-17(4,5)6/h7,9,11,14,19H,8,10,12H2,1-6H3. The topological polar surface area (TPSA) is 28.2 Å². The van der Waals surface area contributed by atoms with E-state index in [1.165, 1.54) is 12.0 Å². The lowest BCUT2D eigenvalue weighted by Crippen LogP contribution is -2.45. The summed E-state index contributed by atoms with van der Waals surface area (Å²) in [6, 6.07) is 4.94. The Bertz CT molecular complexity index is 454. The smallest absolute Gasteiger partial charge is 0.128 e. The molecule has 0 bridgehead atoms. The van der Waals surface area contributed by atoms with E-state index in [0.29, 0.717) is 6.04 Å². The van der Waals surface area contributed by atoms with Crippen LogP contribution < -0.4 is 10.2 Å². The molecule has 20 heavy (non-hydrogen) atoms. The van der Waals surface area contributed by atoms with Gasteiger partial charge >= 0.3 is 0 Å². The molecule has 0 aromatic carbocycles. The summed E-state index contributed by atoms with van der Waals surface area (Å²) in [6.07, 6.45) is 3.14. The molecule has 1 aromatic heterocycles. The van der Waals surface area contributed by atoms with Crippen LogP contribution in [0, 0.1) is 0 Å². The third kappa shape index (κ3) is 3.95. The van der Waals surface area contributed by atoms with Crippen molar-refractivity contribution in [2.75, 3.05) is 18.0 Å². The second kappa shape index (κ2) is 5.36. The highest BCUT2D eigenvalue weighted by Gasteiger charge is 2.27. The fourth-order valence-electron chi connectivity index (χ4n) is 2.76. The van der Waals surface area contributed by atoms with Crippen LogP contribution in [-0.2, 0) is 5.41 Å². The van der Waals surface area contributed by atoms with Gasteiger partial charge in [-0.3, -0.25) is 0 Å². The third-order valence-corrected chi connectivity index (χ3v) is 3.76. The fourth-order valence-corrected chi connectivity index (χ4v) is 2.76. The zero-order valence-corrected chi connectivity index (χ0v) is 13.8. The van der Waals surface area contributed by atoms with Gasteiger partial charge in [-0.05, 0) is 50.3 Å². The molecule has 1 saturated heterocycles. The van der Waals surface area contributed by atoms with Crippen LogP contribution in [-0.4, -0.2) is 29.7 Å². The van der Waals surface area contributed by atoms with Crippen molar-refractivity contribution in [3.8, 4) is 0 Å². The monoisotopic (exact) mass is 275 g/mol. The quantitative estimate of drug-likeness (QED) is 0.897. The van der Waals surface area contributed by atoms with Gasteiger partial charge in [0.25, 0.3) is 0 Å². The summed E-state index contributed by atoms with van der Waals surface area (Å²) in [5, 5.41) is 3.69. The lowest BCUT2D eigenvalue weighted by atomic mass is 9.88. The lowest BCUT2D eigenvalue weighted by Gasteiger charge is -2.26. The average Bonchev–Trinajstić information content (AvgIpc) is 2.74. The highest BCUT2D eigenvalue weighted by atomic mass is 15.2. The Labute approximate surface area is 123 Å². The van der Waals surface area contributed by atoms with E-state index < -0.39 is 0 Å². The Morgan fingerprint density at radius 2 is 1.90 bits per heavy atom. The van der Waals surface area contributed by atoms with Crippen LogP contribution in [0.5, 0.6) is 0 Å². The van der Waals surface area contributed by atoms with E-state index in [9.17, 15) is 0 Å². The van der Waals surface area contributed by atoms with Crippen molar-refractivity contribution in [3.63, 3.8) is 0 Å². The molecule has 1 atom stereocenters. The van der Waals surface area contributed by atoms with Crippen LogP contribution in [0.4, 0.5) is 5.82 Å². The van der Waals surface area contributed by atoms with E-state index >= 15 is 0 Å². The van der Waals surface area contributed by atoms with Crippen molar-refractivity contribution < 1.29 is 0 Å². The van der Waals surface area contributed by atoms with E-state index in [0.717, 1.165) is 18.9 Å². The summed E-state index contributed by atoms with van der Waals surface area (Å²) in [7, 11) is 0. The van der Waals surface area contributed by atoms with E-state index in [-0.39, 0.29) is 11.0 Å². The van der Waals surface area contributed by atoms with Crippen molar-refractivity contribution in [1.82, 2.24) is 10.3 Å². The van der Waals surface area contributed by atoms with Crippen molar-refractivity contribution in [2.45, 2.75) is 65.0 Å². The summed E-state index contributed by atoms with van der Waals surface area (Å²) in [6.45, 7) is 15.6. The van der Waals surface area contributed by atoms with Crippen molar-refractivity contribution >= 4 is 5.82 Å². The van der Waals surface area contributed by atoms with Crippen LogP contribution in [0.25, 0.3) is 0 Å². The Morgan fingerprint density at radius 1 is 1.20 bits per heavy atom. The molecule has 0 amide bonds. The molecule has 0 spiro atoms. The molecule has 1 N–H and O–H groups in total. The first kappa shape index (κ1) is 15.3. The zero-order valence-electron chi connectivity index (χ0n) is 13.8. The van der Waals surface area contributed by atoms with Gasteiger partial charge in [0, 0.05) is 30.9 Å².